The van der Waals surface area contributed by atoms with Gasteiger partial charge in [-0.1, -0.05) is 11.6 Å². The number of aryl methyl sites for hydroxylation is 2. The lowest BCUT2D eigenvalue weighted by Crippen LogP contribution is -2.36. The molecule has 1 aromatic carbocycles. The van der Waals surface area contributed by atoms with E-state index in [1.54, 1.807) is 12.3 Å². The Labute approximate surface area is 209 Å². The number of thiazole rings is 1. The van der Waals surface area contributed by atoms with Crippen LogP contribution in [0.3, 0.4) is 0 Å². The highest BCUT2D eigenvalue weighted by molar-refractivity contribution is 7.07. The van der Waals surface area contributed by atoms with Gasteiger partial charge >= 0.3 is 12.1 Å². The first-order valence-corrected chi connectivity index (χ1v) is 11.4. The number of alkyl halides is 3. The fourth-order valence-corrected chi connectivity index (χ4v) is 4.69. The molecule has 14 heteroatoms. The van der Waals surface area contributed by atoms with E-state index in [0.717, 1.165) is 22.0 Å². The van der Waals surface area contributed by atoms with Gasteiger partial charge in [0.2, 0.25) is 5.71 Å². The Bertz CT molecular complexity index is 1710. The molecule has 0 aliphatic rings. The standard InChI is InChI=1S/C22H17ClF3N4O5S/c1-10-12(17-18(32)29(3)21(33)30(4)19(17)34-10)8-16(31)27-20-28(2)14(9-36-20)11-5-6-15(13(23)7-11)35-22(24,25)26/h5-7,9H,2,8H2,1,3-4H3. The van der Waals surface area contributed by atoms with Gasteiger partial charge in [-0.15, -0.1) is 24.5 Å². The Kier molecular flexibility index (Phi) is 6.47. The van der Waals surface area contributed by atoms with Gasteiger partial charge in [-0.3, -0.25) is 18.7 Å². The van der Waals surface area contributed by atoms with Crippen molar-refractivity contribution in [1.82, 2.24) is 13.7 Å². The van der Waals surface area contributed by atoms with E-state index < -0.39 is 29.3 Å². The molecule has 4 rings (SSSR count). The third kappa shape index (κ3) is 4.63. The Balaban J connectivity index is 1.67. The summed E-state index contributed by atoms with van der Waals surface area (Å²) in [5.74, 6) is -0.850. The minimum absolute atomic E-state index is 0.0591. The van der Waals surface area contributed by atoms with Crippen molar-refractivity contribution in [2.75, 3.05) is 0 Å². The van der Waals surface area contributed by atoms with Crippen molar-refractivity contribution in [2.24, 2.45) is 19.1 Å². The maximum atomic E-state index is 12.8. The van der Waals surface area contributed by atoms with Crippen LogP contribution >= 0.6 is 22.9 Å². The van der Waals surface area contributed by atoms with Crippen molar-refractivity contribution in [3.05, 3.63) is 72.6 Å². The Morgan fingerprint density at radius 3 is 2.58 bits per heavy atom. The van der Waals surface area contributed by atoms with E-state index in [1.165, 1.54) is 35.4 Å². The summed E-state index contributed by atoms with van der Waals surface area (Å²) in [6.07, 6.45) is -5.15. The van der Waals surface area contributed by atoms with Crippen LogP contribution in [0.2, 0.25) is 5.02 Å². The third-order valence-corrected chi connectivity index (χ3v) is 6.55. The van der Waals surface area contributed by atoms with Gasteiger partial charge in [-0.25, -0.2) is 4.79 Å². The summed E-state index contributed by atoms with van der Waals surface area (Å²) in [7, 11) is 6.63. The van der Waals surface area contributed by atoms with Crippen molar-refractivity contribution in [1.29, 1.82) is 0 Å². The predicted octanol–water partition coefficient (Wildman–Crippen LogP) is 3.53. The summed E-state index contributed by atoms with van der Waals surface area (Å²) in [4.78, 5) is 41.9. The number of halogens is 4. The molecule has 0 fully saturated rings. The molecule has 0 bridgehead atoms. The molecule has 9 nitrogen and oxygen atoms in total. The molecule has 4 aromatic rings. The second-order valence-corrected chi connectivity index (χ2v) is 8.97. The maximum Gasteiger partial charge on any atom is 0.573 e. The van der Waals surface area contributed by atoms with Gasteiger partial charge in [-0.2, -0.15) is 4.99 Å². The van der Waals surface area contributed by atoms with E-state index >= 15 is 0 Å². The number of nitrogens with zero attached hydrogens (tertiary/aromatic N) is 4. The van der Waals surface area contributed by atoms with Gasteiger partial charge in [0.15, 0.2) is 4.80 Å². The quantitative estimate of drug-likeness (QED) is 0.393. The topological polar surface area (TPSA) is 101 Å². The number of hydrogen-bond donors (Lipinski definition) is 0. The van der Waals surface area contributed by atoms with Crippen LogP contribution in [0, 0.1) is 14.0 Å². The van der Waals surface area contributed by atoms with Crippen LogP contribution in [0.15, 0.2) is 42.6 Å². The molecule has 0 saturated carbocycles. The minimum Gasteiger partial charge on any atom is -0.444 e. The highest BCUT2D eigenvalue weighted by Gasteiger charge is 2.32. The van der Waals surface area contributed by atoms with E-state index in [4.69, 9.17) is 16.0 Å². The van der Waals surface area contributed by atoms with E-state index in [1.807, 2.05) is 0 Å². The van der Waals surface area contributed by atoms with E-state index in [2.05, 4.69) is 16.8 Å². The summed E-state index contributed by atoms with van der Waals surface area (Å²) in [5, 5.41) is 1.47. The molecule has 36 heavy (non-hydrogen) atoms. The molecule has 1 amide bonds. The highest BCUT2D eigenvalue weighted by atomic mass is 35.5. The van der Waals surface area contributed by atoms with Crippen LogP contribution in [0.1, 0.15) is 11.3 Å². The molecule has 189 valence electrons. The first-order valence-electron chi connectivity index (χ1n) is 10.1. The number of benzene rings is 1. The van der Waals surface area contributed by atoms with E-state index in [0.29, 0.717) is 22.6 Å². The van der Waals surface area contributed by atoms with Crippen molar-refractivity contribution >= 4 is 39.9 Å². The zero-order valence-corrected chi connectivity index (χ0v) is 20.5. The Morgan fingerprint density at radius 2 is 1.94 bits per heavy atom. The van der Waals surface area contributed by atoms with Crippen LogP contribution in [0.5, 0.6) is 5.75 Å². The van der Waals surface area contributed by atoms with Crippen molar-refractivity contribution in [3.63, 3.8) is 0 Å². The zero-order chi connectivity index (χ0) is 26.5. The van der Waals surface area contributed by atoms with Crippen molar-refractivity contribution < 1.29 is 27.1 Å². The number of rotatable bonds is 4. The molecule has 0 saturated heterocycles. The average Bonchev–Trinajstić information content (AvgIpc) is 3.31. The number of aromatic nitrogens is 3. The Morgan fingerprint density at radius 1 is 1.25 bits per heavy atom. The smallest absolute Gasteiger partial charge is 0.444 e. The molecule has 0 unspecified atom stereocenters. The molecule has 0 atom stereocenters. The number of hydrogen-bond acceptors (Lipinski definition) is 6. The number of fused-ring (bicyclic) bond motifs is 1. The first-order chi connectivity index (χ1) is 16.8. The lowest BCUT2D eigenvalue weighted by Gasteiger charge is -2.11. The number of carbonyl (C=O) groups is 1. The second-order valence-electron chi connectivity index (χ2n) is 7.73. The van der Waals surface area contributed by atoms with Gasteiger partial charge in [0.05, 0.1) is 17.1 Å². The van der Waals surface area contributed by atoms with Crippen LogP contribution in [-0.4, -0.2) is 26.0 Å². The normalized spacial score (nSPS) is 12.5. The maximum absolute atomic E-state index is 12.8. The van der Waals surface area contributed by atoms with Crippen LogP contribution in [0.25, 0.3) is 22.4 Å². The fourth-order valence-electron chi connectivity index (χ4n) is 3.61. The lowest BCUT2D eigenvalue weighted by atomic mass is 10.1. The van der Waals surface area contributed by atoms with Crippen LogP contribution in [0.4, 0.5) is 13.2 Å². The predicted molar refractivity (Wildman–Crippen MR) is 126 cm³/mol. The van der Waals surface area contributed by atoms with Gasteiger partial charge in [0, 0.05) is 37.6 Å². The summed E-state index contributed by atoms with van der Waals surface area (Å²) >= 11 is 7.00. The van der Waals surface area contributed by atoms with E-state index in [-0.39, 0.29) is 27.3 Å². The largest absolute Gasteiger partial charge is 0.573 e. The highest BCUT2D eigenvalue weighted by Crippen LogP contribution is 2.33. The SMILES string of the molecule is [CH2]n1c(-c2ccc(OC(F)(F)F)c(Cl)c2)csc1=NC(=O)Cc1c(C)oc2c1c(=O)n(C)c(=O)n2C. The number of amides is 1. The molecular formula is C22H17ClF3N4O5S. The molecule has 0 spiro atoms. The summed E-state index contributed by atoms with van der Waals surface area (Å²) in [5.41, 5.74) is 0.0918. The fraction of sp³-hybridized carbons (Fsp3) is 0.227. The number of furan rings is 1. The van der Waals surface area contributed by atoms with Crippen molar-refractivity contribution in [3.8, 4) is 17.0 Å². The summed E-state index contributed by atoms with van der Waals surface area (Å²) < 4.78 is 50.3. The molecule has 0 aliphatic carbocycles. The summed E-state index contributed by atoms with van der Waals surface area (Å²) in [6.45, 7) is 1.58. The molecule has 0 N–H and O–H groups in total. The van der Waals surface area contributed by atoms with Crippen molar-refractivity contribution in [2.45, 2.75) is 19.7 Å². The van der Waals surface area contributed by atoms with E-state index in [9.17, 15) is 27.6 Å². The minimum atomic E-state index is -4.89. The monoisotopic (exact) mass is 541 g/mol. The lowest BCUT2D eigenvalue weighted by molar-refractivity contribution is -0.274. The van der Waals surface area contributed by atoms with Crippen LogP contribution in [-0.2, 0) is 25.3 Å². The zero-order valence-electron chi connectivity index (χ0n) is 19.0. The number of ether oxygens (including phenoxy) is 1. The molecule has 1 radical (unpaired) electrons. The molecule has 0 aliphatic heterocycles. The summed E-state index contributed by atoms with van der Waals surface area (Å²) in [6, 6.07) is 3.72. The first kappa shape index (κ1) is 25.5. The van der Waals surface area contributed by atoms with Gasteiger partial charge in [0.25, 0.3) is 11.5 Å². The molecular weight excluding hydrogens is 525 g/mol. The Hall–Kier alpha value is -3.58. The van der Waals surface area contributed by atoms with Gasteiger partial charge in [-0.05, 0) is 25.1 Å². The second kappa shape index (κ2) is 9.13. The number of carbonyl (C=O) groups excluding carboxylic acids is 1. The molecule has 3 heterocycles. The van der Waals surface area contributed by atoms with Gasteiger partial charge < -0.3 is 13.7 Å². The average molecular weight is 542 g/mol. The van der Waals surface area contributed by atoms with Crippen LogP contribution < -0.4 is 20.8 Å². The van der Waals surface area contributed by atoms with Gasteiger partial charge in [0.1, 0.15) is 16.9 Å². The third-order valence-electron chi connectivity index (χ3n) is 5.39. The molecule has 3 aromatic heterocycles.